The van der Waals surface area contributed by atoms with Gasteiger partial charge in [-0.15, -0.1) is 11.3 Å². The highest BCUT2D eigenvalue weighted by atomic mass is 32.1. The Morgan fingerprint density at radius 2 is 1.96 bits per heavy atom. The minimum Gasteiger partial charge on any atom is -0.458 e. The summed E-state index contributed by atoms with van der Waals surface area (Å²) in [5.74, 6) is -0.271. The monoisotopic (exact) mass is 401 g/mol. The van der Waals surface area contributed by atoms with Crippen LogP contribution in [0.5, 0.6) is 0 Å². The van der Waals surface area contributed by atoms with Crippen molar-refractivity contribution in [2.24, 2.45) is 0 Å². The molecule has 3 rings (SSSR count). The number of amides is 1. The van der Waals surface area contributed by atoms with Gasteiger partial charge in [-0.05, 0) is 32.3 Å². The van der Waals surface area contributed by atoms with Gasteiger partial charge < -0.3 is 9.64 Å². The predicted octanol–water partition coefficient (Wildman–Crippen LogP) is 3.14. The third-order valence-electron chi connectivity index (χ3n) is 4.99. The number of hydrogen-bond donors (Lipinski definition) is 0. The molecule has 150 valence electrons. The van der Waals surface area contributed by atoms with Crippen LogP contribution in [0.25, 0.3) is 10.6 Å². The van der Waals surface area contributed by atoms with Crippen LogP contribution in [-0.4, -0.2) is 66.5 Å². The van der Waals surface area contributed by atoms with Gasteiger partial charge in [-0.1, -0.05) is 23.8 Å². The molecule has 6 nitrogen and oxygen atoms in total. The third-order valence-corrected chi connectivity index (χ3v) is 5.87. The van der Waals surface area contributed by atoms with Crippen LogP contribution in [0.4, 0.5) is 0 Å². The van der Waals surface area contributed by atoms with Gasteiger partial charge in [0.1, 0.15) is 11.1 Å². The van der Waals surface area contributed by atoms with Gasteiger partial charge in [0.25, 0.3) is 0 Å². The van der Waals surface area contributed by atoms with Crippen molar-refractivity contribution in [1.82, 2.24) is 14.8 Å². The summed E-state index contributed by atoms with van der Waals surface area (Å²) >= 11 is 1.46. The van der Waals surface area contributed by atoms with Crippen molar-refractivity contribution in [2.75, 3.05) is 33.7 Å². The van der Waals surface area contributed by atoms with Crippen molar-refractivity contribution in [3.8, 4) is 10.6 Å². The quantitative estimate of drug-likeness (QED) is 0.721. The third kappa shape index (κ3) is 4.97. The van der Waals surface area contributed by atoms with E-state index in [1.165, 1.54) is 16.9 Å². The Labute approximate surface area is 170 Å². The number of carbonyl (C=O) groups excluding carboxylic acids is 2. The topological polar surface area (TPSA) is 62.7 Å². The van der Waals surface area contributed by atoms with Gasteiger partial charge >= 0.3 is 5.97 Å². The van der Waals surface area contributed by atoms with E-state index in [9.17, 15) is 9.59 Å². The summed E-state index contributed by atoms with van der Waals surface area (Å²) in [5.41, 5.74) is 3.77. The summed E-state index contributed by atoms with van der Waals surface area (Å²) in [4.78, 5) is 32.5. The molecule has 7 heteroatoms. The van der Waals surface area contributed by atoms with Gasteiger partial charge in [-0.3, -0.25) is 9.69 Å². The Morgan fingerprint density at radius 1 is 1.25 bits per heavy atom. The molecule has 1 aromatic heterocycles. The lowest BCUT2D eigenvalue weighted by Crippen LogP contribution is -2.43. The number of hydrogen-bond acceptors (Lipinski definition) is 6. The highest BCUT2D eigenvalue weighted by Crippen LogP contribution is 2.28. The van der Waals surface area contributed by atoms with E-state index in [2.05, 4.69) is 35.9 Å². The SMILES string of the molecule is Cc1ccc(-c2nc(C(=O)OC3CCN(CC(=O)N(C)C)CC3)cs2)c(C)c1. The molecule has 1 fully saturated rings. The molecule has 0 N–H and O–H groups in total. The lowest BCUT2D eigenvalue weighted by molar-refractivity contribution is -0.130. The lowest BCUT2D eigenvalue weighted by atomic mass is 10.1. The molecule has 1 aliphatic rings. The number of aryl methyl sites for hydroxylation is 2. The standard InChI is InChI=1S/C21H27N3O3S/c1-14-5-6-17(15(2)11-14)20-22-18(13-28-20)21(26)27-16-7-9-24(10-8-16)12-19(25)23(3)4/h5-6,11,13,16H,7-10,12H2,1-4H3. The van der Waals surface area contributed by atoms with E-state index >= 15 is 0 Å². The number of nitrogens with zero attached hydrogens (tertiary/aromatic N) is 3. The van der Waals surface area contributed by atoms with Crippen molar-refractivity contribution in [3.05, 3.63) is 40.4 Å². The molecule has 0 spiro atoms. The number of rotatable bonds is 5. The Morgan fingerprint density at radius 3 is 2.61 bits per heavy atom. The molecule has 1 saturated heterocycles. The van der Waals surface area contributed by atoms with E-state index in [4.69, 9.17) is 4.74 Å². The van der Waals surface area contributed by atoms with Gasteiger partial charge in [0.2, 0.25) is 5.91 Å². The maximum Gasteiger partial charge on any atom is 0.358 e. The Hall–Kier alpha value is -2.25. The second kappa shape index (κ2) is 8.84. The average Bonchev–Trinajstić information content (AvgIpc) is 3.13. The van der Waals surface area contributed by atoms with Crippen LogP contribution >= 0.6 is 11.3 Å². The maximum atomic E-state index is 12.5. The molecule has 1 aliphatic heterocycles. The van der Waals surface area contributed by atoms with Gasteiger partial charge in [-0.25, -0.2) is 9.78 Å². The Balaban J connectivity index is 1.55. The van der Waals surface area contributed by atoms with E-state index in [1.54, 1.807) is 24.4 Å². The first-order chi connectivity index (χ1) is 13.3. The summed E-state index contributed by atoms with van der Waals surface area (Å²) in [7, 11) is 3.52. The van der Waals surface area contributed by atoms with Crippen molar-refractivity contribution in [3.63, 3.8) is 0 Å². The maximum absolute atomic E-state index is 12.5. The van der Waals surface area contributed by atoms with Gasteiger partial charge in [-0.2, -0.15) is 0 Å². The molecule has 0 atom stereocenters. The van der Waals surface area contributed by atoms with Gasteiger partial charge in [0.05, 0.1) is 6.54 Å². The molecule has 0 aliphatic carbocycles. The number of piperidine rings is 1. The number of ether oxygens (including phenoxy) is 1. The first-order valence-electron chi connectivity index (χ1n) is 9.50. The van der Waals surface area contributed by atoms with Crippen molar-refractivity contribution in [2.45, 2.75) is 32.8 Å². The zero-order chi connectivity index (χ0) is 20.3. The highest BCUT2D eigenvalue weighted by molar-refractivity contribution is 7.13. The van der Waals surface area contributed by atoms with Gasteiger partial charge in [0.15, 0.2) is 5.69 Å². The number of thiazole rings is 1. The number of likely N-dealkylation sites (N-methyl/N-ethyl adjacent to an activating group) is 1. The Kier molecular flexibility index (Phi) is 6.46. The lowest BCUT2D eigenvalue weighted by Gasteiger charge is -2.31. The fourth-order valence-electron chi connectivity index (χ4n) is 3.27. The van der Waals surface area contributed by atoms with Crippen LogP contribution < -0.4 is 0 Å². The molecule has 1 amide bonds. The molecule has 0 bridgehead atoms. The van der Waals surface area contributed by atoms with E-state index in [1.807, 2.05) is 6.07 Å². The number of likely N-dealkylation sites (tertiary alicyclic amines) is 1. The van der Waals surface area contributed by atoms with E-state index in [-0.39, 0.29) is 18.0 Å². The molecule has 0 unspecified atom stereocenters. The minimum atomic E-state index is -0.366. The molecular weight excluding hydrogens is 374 g/mol. The molecule has 1 aromatic carbocycles. The number of carbonyl (C=O) groups is 2. The smallest absolute Gasteiger partial charge is 0.358 e. The van der Waals surface area contributed by atoms with E-state index in [0.29, 0.717) is 12.2 Å². The zero-order valence-electron chi connectivity index (χ0n) is 16.9. The largest absolute Gasteiger partial charge is 0.458 e. The summed E-state index contributed by atoms with van der Waals surface area (Å²) in [6.45, 7) is 6.03. The molecule has 2 aromatic rings. The van der Waals surface area contributed by atoms with Crippen LogP contribution in [0.15, 0.2) is 23.6 Å². The number of aromatic nitrogens is 1. The fourth-order valence-corrected chi connectivity index (χ4v) is 4.15. The average molecular weight is 402 g/mol. The summed E-state index contributed by atoms with van der Waals surface area (Å²) in [5, 5.41) is 2.60. The number of benzene rings is 1. The minimum absolute atomic E-state index is 0.0943. The molecule has 0 radical (unpaired) electrons. The van der Waals surface area contributed by atoms with Crippen molar-refractivity contribution in [1.29, 1.82) is 0 Å². The molecule has 28 heavy (non-hydrogen) atoms. The first-order valence-corrected chi connectivity index (χ1v) is 10.4. The van der Waals surface area contributed by atoms with Gasteiger partial charge in [0, 0.05) is 38.1 Å². The highest BCUT2D eigenvalue weighted by Gasteiger charge is 2.25. The summed E-state index contributed by atoms with van der Waals surface area (Å²) < 4.78 is 5.66. The molecule has 2 heterocycles. The van der Waals surface area contributed by atoms with Crippen molar-refractivity contribution < 1.29 is 14.3 Å². The van der Waals surface area contributed by atoms with Crippen LogP contribution in [0.1, 0.15) is 34.5 Å². The Bertz CT molecular complexity index is 854. The van der Waals surface area contributed by atoms with Crippen LogP contribution in [0.3, 0.4) is 0 Å². The van der Waals surface area contributed by atoms with Crippen LogP contribution in [-0.2, 0) is 9.53 Å². The normalized spacial score (nSPS) is 15.4. The first kappa shape index (κ1) is 20.5. The van der Waals surface area contributed by atoms with Crippen molar-refractivity contribution >= 4 is 23.2 Å². The fraction of sp³-hybridized carbons (Fsp3) is 0.476. The van der Waals surface area contributed by atoms with Crippen LogP contribution in [0, 0.1) is 13.8 Å². The molecule has 0 saturated carbocycles. The second-order valence-electron chi connectivity index (χ2n) is 7.53. The molecular formula is C21H27N3O3S. The second-order valence-corrected chi connectivity index (χ2v) is 8.38. The summed E-state index contributed by atoms with van der Waals surface area (Å²) in [6, 6.07) is 6.21. The number of esters is 1. The van der Waals surface area contributed by atoms with Crippen LogP contribution in [0.2, 0.25) is 0 Å². The van der Waals surface area contributed by atoms with E-state index in [0.717, 1.165) is 42.1 Å². The zero-order valence-corrected chi connectivity index (χ0v) is 17.7. The van der Waals surface area contributed by atoms with E-state index < -0.39 is 0 Å². The summed E-state index contributed by atoms with van der Waals surface area (Å²) in [6.07, 6.45) is 1.35. The predicted molar refractivity (Wildman–Crippen MR) is 111 cm³/mol.